The van der Waals surface area contributed by atoms with Crippen molar-refractivity contribution in [1.29, 1.82) is 0 Å². The maximum absolute atomic E-state index is 12.9. The zero-order valence-electron chi connectivity index (χ0n) is 18.2. The number of thiophene rings is 1. The number of rotatable bonds is 7. The number of nitrogens with zero attached hydrogens (tertiary/aromatic N) is 1. The fourth-order valence-corrected chi connectivity index (χ4v) is 5.99. The highest BCUT2D eigenvalue weighted by molar-refractivity contribution is 7.18. The van der Waals surface area contributed by atoms with Gasteiger partial charge in [-0.1, -0.05) is 19.3 Å². The molecular weight excluding hydrogens is 402 g/mol. The van der Waals surface area contributed by atoms with Gasteiger partial charge in [-0.05, 0) is 57.6 Å². The predicted molar refractivity (Wildman–Crippen MR) is 118 cm³/mol. The summed E-state index contributed by atoms with van der Waals surface area (Å²) >= 11 is 1.12. The second-order valence-corrected chi connectivity index (χ2v) is 9.21. The van der Waals surface area contributed by atoms with Gasteiger partial charge < -0.3 is 15.4 Å². The second kappa shape index (κ2) is 10.4. The van der Waals surface area contributed by atoms with E-state index in [9.17, 15) is 14.4 Å². The molecule has 1 aliphatic carbocycles. The number of carbonyl (C=O) groups is 3. The van der Waals surface area contributed by atoms with Crippen molar-refractivity contribution < 1.29 is 19.1 Å². The number of amides is 2. The fraction of sp³-hybridized carbons (Fsp3) is 0.682. The Labute approximate surface area is 182 Å². The Morgan fingerprint density at radius 1 is 1.13 bits per heavy atom. The maximum Gasteiger partial charge on any atom is 0.341 e. The molecule has 2 N–H and O–H groups in total. The van der Waals surface area contributed by atoms with Crippen LogP contribution < -0.4 is 10.6 Å². The minimum Gasteiger partial charge on any atom is -0.462 e. The van der Waals surface area contributed by atoms with Crippen LogP contribution >= 0.6 is 11.3 Å². The number of likely N-dealkylation sites (tertiary alicyclic amines) is 1. The van der Waals surface area contributed by atoms with E-state index in [2.05, 4.69) is 15.5 Å². The molecule has 2 aliphatic rings. The van der Waals surface area contributed by atoms with Crippen molar-refractivity contribution in [2.75, 3.05) is 32.1 Å². The summed E-state index contributed by atoms with van der Waals surface area (Å²) < 4.78 is 5.16. The van der Waals surface area contributed by atoms with E-state index in [0.29, 0.717) is 33.9 Å². The van der Waals surface area contributed by atoms with E-state index in [4.69, 9.17) is 4.74 Å². The van der Waals surface area contributed by atoms with Gasteiger partial charge in [-0.15, -0.1) is 11.3 Å². The first-order valence-corrected chi connectivity index (χ1v) is 11.8. The second-order valence-electron chi connectivity index (χ2n) is 8.19. The number of carbonyl (C=O) groups excluding carboxylic acids is 3. The zero-order chi connectivity index (χ0) is 21.7. The molecule has 3 rings (SSSR count). The van der Waals surface area contributed by atoms with Crippen LogP contribution in [0.3, 0.4) is 0 Å². The Morgan fingerprint density at radius 2 is 1.87 bits per heavy atom. The summed E-state index contributed by atoms with van der Waals surface area (Å²) in [4.78, 5) is 40.3. The molecule has 0 radical (unpaired) electrons. The number of esters is 1. The lowest BCUT2D eigenvalue weighted by atomic mass is 9.83. The van der Waals surface area contributed by atoms with Gasteiger partial charge in [0.15, 0.2) is 0 Å². The monoisotopic (exact) mass is 435 g/mol. The zero-order valence-corrected chi connectivity index (χ0v) is 19.0. The molecule has 0 unspecified atom stereocenters. The van der Waals surface area contributed by atoms with Crippen molar-refractivity contribution in [3.63, 3.8) is 0 Å². The van der Waals surface area contributed by atoms with Gasteiger partial charge in [0.1, 0.15) is 5.00 Å². The van der Waals surface area contributed by atoms with E-state index in [1.807, 2.05) is 0 Å². The standard InChI is InChI=1S/C22H33N3O4S/c1-4-29-22(28)18-14(2)19(20(27)23-3)30-21(18)24-17(26)13-25-12-8-11-16(25)15-9-6-5-7-10-15/h15-16H,4-13H2,1-3H3,(H,23,27)(H,24,26)/t16-/m0/s1. The molecule has 1 aliphatic heterocycles. The molecule has 166 valence electrons. The molecule has 1 aromatic heterocycles. The Balaban J connectivity index is 1.73. The minimum atomic E-state index is -0.516. The Kier molecular flexibility index (Phi) is 7.88. The normalized spacial score (nSPS) is 20.2. The van der Waals surface area contributed by atoms with Gasteiger partial charge in [-0.25, -0.2) is 4.79 Å². The average molecular weight is 436 g/mol. The molecule has 1 saturated carbocycles. The quantitative estimate of drug-likeness (QED) is 0.639. The topological polar surface area (TPSA) is 87.7 Å². The number of nitrogens with one attached hydrogen (secondary N) is 2. The molecule has 30 heavy (non-hydrogen) atoms. The smallest absolute Gasteiger partial charge is 0.341 e. The van der Waals surface area contributed by atoms with E-state index in [1.54, 1.807) is 20.9 Å². The molecule has 0 aromatic carbocycles. The Hall–Kier alpha value is -1.93. The molecule has 1 atom stereocenters. The first kappa shape index (κ1) is 22.7. The molecule has 1 aromatic rings. The fourth-order valence-electron chi connectivity index (χ4n) is 4.83. The van der Waals surface area contributed by atoms with Gasteiger partial charge in [-0.2, -0.15) is 0 Å². The van der Waals surface area contributed by atoms with Crippen LogP contribution in [0.5, 0.6) is 0 Å². The molecular formula is C22H33N3O4S. The maximum atomic E-state index is 12.9. The molecule has 2 heterocycles. The Bertz CT molecular complexity index is 786. The van der Waals surface area contributed by atoms with Crippen molar-refractivity contribution in [3.8, 4) is 0 Å². The van der Waals surface area contributed by atoms with Gasteiger partial charge in [-0.3, -0.25) is 14.5 Å². The van der Waals surface area contributed by atoms with Crippen LogP contribution in [0.2, 0.25) is 0 Å². The van der Waals surface area contributed by atoms with Crippen molar-refractivity contribution in [2.45, 2.75) is 64.8 Å². The van der Waals surface area contributed by atoms with Crippen LogP contribution in [-0.2, 0) is 9.53 Å². The van der Waals surface area contributed by atoms with Gasteiger partial charge in [0.2, 0.25) is 5.91 Å². The van der Waals surface area contributed by atoms with Crippen LogP contribution in [0.4, 0.5) is 5.00 Å². The summed E-state index contributed by atoms with van der Waals surface area (Å²) in [5, 5.41) is 5.88. The lowest BCUT2D eigenvalue weighted by Gasteiger charge is -2.33. The van der Waals surface area contributed by atoms with E-state index >= 15 is 0 Å². The number of anilines is 1. The number of hydrogen-bond acceptors (Lipinski definition) is 6. The van der Waals surface area contributed by atoms with Gasteiger partial charge >= 0.3 is 5.97 Å². The van der Waals surface area contributed by atoms with Gasteiger partial charge in [0.25, 0.3) is 5.91 Å². The van der Waals surface area contributed by atoms with E-state index in [1.165, 1.54) is 32.1 Å². The SMILES string of the molecule is CCOC(=O)c1c(NC(=O)CN2CCC[C@H]2C2CCCCC2)sc(C(=O)NC)c1C. The van der Waals surface area contributed by atoms with Crippen LogP contribution in [0.15, 0.2) is 0 Å². The van der Waals surface area contributed by atoms with Gasteiger partial charge in [0, 0.05) is 13.1 Å². The molecule has 2 fully saturated rings. The number of hydrogen-bond donors (Lipinski definition) is 2. The summed E-state index contributed by atoms with van der Waals surface area (Å²) in [7, 11) is 1.54. The highest BCUT2D eigenvalue weighted by Gasteiger charge is 2.34. The summed E-state index contributed by atoms with van der Waals surface area (Å²) in [6.45, 7) is 4.93. The summed E-state index contributed by atoms with van der Waals surface area (Å²) in [6, 6.07) is 0.479. The predicted octanol–water partition coefficient (Wildman–Crippen LogP) is 3.58. The van der Waals surface area contributed by atoms with Crippen LogP contribution in [0, 0.1) is 12.8 Å². The summed E-state index contributed by atoms with van der Waals surface area (Å²) in [5.41, 5.74) is 0.813. The van der Waals surface area contributed by atoms with Crippen LogP contribution in [0.1, 0.15) is 77.5 Å². The molecule has 1 saturated heterocycles. The van der Waals surface area contributed by atoms with E-state index < -0.39 is 5.97 Å². The van der Waals surface area contributed by atoms with Crippen molar-refractivity contribution >= 4 is 34.1 Å². The lowest BCUT2D eigenvalue weighted by molar-refractivity contribution is -0.117. The summed E-state index contributed by atoms with van der Waals surface area (Å²) in [5.74, 6) is -0.251. The highest BCUT2D eigenvalue weighted by atomic mass is 32.1. The Morgan fingerprint density at radius 3 is 2.53 bits per heavy atom. The molecule has 7 nitrogen and oxygen atoms in total. The first-order valence-electron chi connectivity index (χ1n) is 11.0. The van der Waals surface area contributed by atoms with E-state index in [-0.39, 0.29) is 24.0 Å². The third-order valence-corrected chi connectivity index (χ3v) is 7.47. The number of ether oxygens (including phenoxy) is 1. The lowest BCUT2D eigenvalue weighted by Crippen LogP contribution is -2.41. The van der Waals surface area contributed by atoms with Crippen molar-refractivity contribution in [3.05, 3.63) is 16.0 Å². The highest BCUT2D eigenvalue weighted by Crippen LogP contribution is 2.35. The minimum absolute atomic E-state index is 0.145. The third kappa shape index (κ3) is 5.03. The van der Waals surface area contributed by atoms with Gasteiger partial charge in [0.05, 0.1) is 23.6 Å². The molecule has 2 amide bonds. The van der Waals surface area contributed by atoms with Crippen molar-refractivity contribution in [1.82, 2.24) is 10.2 Å². The molecule has 8 heteroatoms. The molecule has 0 bridgehead atoms. The van der Waals surface area contributed by atoms with Crippen LogP contribution in [-0.4, -0.2) is 55.5 Å². The average Bonchev–Trinajstić information content (AvgIpc) is 3.32. The summed E-state index contributed by atoms with van der Waals surface area (Å²) in [6.07, 6.45) is 8.71. The van der Waals surface area contributed by atoms with Crippen molar-refractivity contribution in [2.24, 2.45) is 5.92 Å². The van der Waals surface area contributed by atoms with Crippen LogP contribution in [0.25, 0.3) is 0 Å². The largest absolute Gasteiger partial charge is 0.462 e. The van der Waals surface area contributed by atoms with E-state index in [0.717, 1.165) is 30.7 Å². The molecule has 0 spiro atoms. The third-order valence-electron chi connectivity index (χ3n) is 6.27. The first-order chi connectivity index (χ1) is 14.5.